The zero-order chi connectivity index (χ0) is 14.8. The molecule has 3 rings (SSSR count). The number of hydrogen-bond donors (Lipinski definition) is 1. The van der Waals surface area contributed by atoms with E-state index in [4.69, 9.17) is 0 Å². The number of nitrogens with one attached hydrogen (secondary N) is 1. The lowest BCUT2D eigenvalue weighted by Crippen LogP contribution is -2.47. The number of urea groups is 1. The number of likely N-dealkylation sites (tertiary alicyclic amines) is 1. The van der Waals surface area contributed by atoms with Gasteiger partial charge in [0, 0.05) is 45.0 Å². The number of carbonyl (C=O) groups excluding carboxylic acids is 1. The highest BCUT2D eigenvalue weighted by Crippen LogP contribution is 2.21. The Balaban J connectivity index is 1.63. The summed E-state index contributed by atoms with van der Waals surface area (Å²) in [4.78, 5) is 16.5. The van der Waals surface area contributed by atoms with E-state index in [0.29, 0.717) is 12.6 Å². The van der Waals surface area contributed by atoms with Crippen LogP contribution in [0.15, 0.2) is 12.3 Å². The minimum Gasteiger partial charge on any atom is -0.336 e. The van der Waals surface area contributed by atoms with Crippen molar-refractivity contribution in [2.45, 2.75) is 45.3 Å². The average Bonchev–Trinajstić information content (AvgIpc) is 3.14. The van der Waals surface area contributed by atoms with Gasteiger partial charge in [-0.05, 0) is 32.8 Å². The fraction of sp³-hybridized carbons (Fsp3) is 0.733. The normalized spacial score (nSPS) is 22.6. The van der Waals surface area contributed by atoms with Crippen LogP contribution >= 0.6 is 0 Å². The minimum absolute atomic E-state index is 0.0721. The molecule has 2 aliphatic rings. The van der Waals surface area contributed by atoms with Gasteiger partial charge in [0.05, 0.1) is 11.7 Å². The van der Waals surface area contributed by atoms with Gasteiger partial charge < -0.3 is 10.2 Å². The molecule has 6 nitrogen and oxygen atoms in total. The van der Waals surface area contributed by atoms with Crippen molar-refractivity contribution >= 4 is 6.03 Å². The molecule has 0 spiro atoms. The summed E-state index contributed by atoms with van der Waals surface area (Å²) < 4.78 is 2.07. The lowest BCUT2D eigenvalue weighted by molar-refractivity contribution is 0.136. The van der Waals surface area contributed by atoms with Gasteiger partial charge in [-0.25, -0.2) is 4.79 Å². The van der Waals surface area contributed by atoms with Crippen molar-refractivity contribution in [1.82, 2.24) is 24.9 Å². The number of fused-ring (bicyclic) bond motifs is 1. The Morgan fingerprint density at radius 3 is 2.90 bits per heavy atom. The summed E-state index contributed by atoms with van der Waals surface area (Å²) in [5, 5.41) is 7.52. The molecule has 21 heavy (non-hydrogen) atoms. The van der Waals surface area contributed by atoms with E-state index in [2.05, 4.69) is 39.9 Å². The van der Waals surface area contributed by atoms with Crippen molar-refractivity contribution < 1.29 is 4.79 Å². The van der Waals surface area contributed by atoms with Crippen LogP contribution in [0.1, 0.15) is 38.4 Å². The number of hydrogen-bond acceptors (Lipinski definition) is 3. The van der Waals surface area contributed by atoms with Crippen LogP contribution in [0.2, 0.25) is 0 Å². The Hall–Kier alpha value is -1.56. The van der Waals surface area contributed by atoms with Crippen molar-refractivity contribution in [3.05, 3.63) is 18.0 Å². The molecule has 0 radical (unpaired) electrons. The zero-order valence-corrected chi connectivity index (χ0v) is 13.0. The van der Waals surface area contributed by atoms with Crippen molar-refractivity contribution in [1.29, 1.82) is 0 Å². The van der Waals surface area contributed by atoms with E-state index >= 15 is 0 Å². The monoisotopic (exact) mass is 291 g/mol. The molecule has 1 saturated heterocycles. The summed E-state index contributed by atoms with van der Waals surface area (Å²) >= 11 is 0. The molecular formula is C15H25N5O. The van der Waals surface area contributed by atoms with Gasteiger partial charge >= 0.3 is 6.03 Å². The fourth-order valence-electron chi connectivity index (χ4n) is 3.20. The number of amides is 2. The molecule has 1 atom stereocenters. The third kappa shape index (κ3) is 3.05. The molecule has 2 amide bonds. The van der Waals surface area contributed by atoms with Gasteiger partial charge in [-0.1, -0.05) is 0 Å². The Morgan fingerprint density at radius 1 is 1.43 bits per heavy atom. The van der Waals surface area contributed by atoms with Crippen molar-refractivity contribution in [2.75, 3.05) is 26.2 Å². The van der Waals surface area contributed by atoms with Gasteiger partial charge in [-0.15, -0.1) is 0 Å². The third-order valence-electron chi connectivity index (χ3n) is 4.52. The molecular weight excluding hydrogens is 266 g/mol. The predicted octanol–water partition coefficient (Wildman–Crippen LogP) is 1.45. The average molecular weight is 291 g/mol. The highest BCUT2D eigenvalue weighted by atomic mass is 16.2. The van der Waals surface area contributed by atoms with Gasteiger partial charge in [0.2, 0.25) is 0 Å². The lowest BCUT2D eigenvalue weighted by atomic mass is 10.1. The number of carbonyl (C=O) groups is 1. The molecule has 0 bridgehead atoms. The quantitative estimate of drug-likeness (QED) is 0.917. The molecule has 1 fully saturated rings. The smallest absolute Gasteiger partial charge is 0.317 e. The van der Waals surface area contributed by atoms with Gasteiger partial charge in [0.15, 0.2) is 0 Å². The molecule has 1 aromatic heterocycles. The molecule has 0 aliphatic carbocycles. The summed E-state index contributed by atoms with van der Waals surface area (Å²) in [6.45, 7) is 8.73. The predicted molar refractivity (Wildman–Crippen MR) is 81.0 cm³/mol. The van der Waals surface area contributed by atoms with Gasteiger partial charge in [-0.3, -0.25) is 9.58 Å². The maximum atomic E-state index is 12.1. The largest absolute Gasteiger partial charge is 0.336 e. The molecule has 0 saturated carbocycles. The summed E-state index contributed by atoms with van der Waals surface area (Å²) in [5.74, 6) is 0. The van der Waals surface area contributed by atoms with E-state index < -0.39 is 0 Å². The Morgan fingerprint density at radius 2 is 2.19 bits per heavy atom. The highest BCUT2D eigenvalue weighted by molar-refractivity contribution is 5.74. The lowest BCUT2D eigenvalue weighted by Gasteiger charge is -2.36. The van der Waals surface area contributed by atoms with Crippen LogP contribution in [0, 0.1) is 0 Å². The first-order valence-corrected chi connectivity index (χ1v) is 7.94. The van der Waals surface area contributed by atoms with Crippen LogP contribution in [0.3, 0.4) is 0 Å². The molecule has 1 aromatic rings. The van der Waals surface area contributed by atoms with Gasteiger partial charge in [0.25, 0.3) is 0 Å². The molecule has 6 heteroatoms. The van der Waals surface area contributed by atoms with E-state index in [1.54, 1.807) is 0 Å². The number of nitrogens with zero attached hydrogens (tertiary/aromatic N) is 4. The number of rotatable bonds is 3. The maximum Gasteiger partial charge on any atom is 0.317 e. The second kappa shape index (κ2) is 6.05. The van der Waals surface area contributed by atoms with E-state index in [0.717, 1.165) is 39.0 Å². The highest BCUT2D eigenvalue weighted by Gasteiger charge is 2.28. The topological polar surface area (TPSA) is 53.4 Å². The summed E-state index contributed by atoms with van der Waals surface area (Å²) in [6.07, 6.45) is 4.11. The van der Waals surface area contributed by atoms with Crippen LogP contribution in [0.25, 0.3) is 0 Å². The first kappa shape index (κ1) is 14.4. The molecule has 1 unspecified atom stereocenters. The fourth-order valence-corrected chi connectivity index (χ4v) is 3.20. The van der Waals surface area contributed by atoms with Gasteiger partial charge in [0.1, 0.15) is 0 Å². The summed E-state index contributed by atoms with van der Waals surface area (Å²) in [5.41, 5.74) is 1.23. The third-order valence-corrected chi connectivity index (χ3v) is 4.52. The zero-order valence-electron chi connectivity index (χ0n) is 13.0. The van der Waals surface area contributed by atoms with Crippen molar-refractivity contribution in [3.8, 4) is 0 Å². The molecule has 116 valence electrons. The van der Waals surface area contributed by atoms with E-state index in [1.165, 1.54) is 5.69 Å². The van der Waals surface area contributed by atoms with Crippen LogP contribution < -0.4 is 5.32 Å². The Kier molecular flexibility index (Phi) is 4.14. The van der Waals surface area contributed by atoms with Crippen LogP contribution in [0.4, 0.5) is 4.79 Å². The second-order valence-corrected chi connectivity index (χ2v) is 6.32. The second-order valence-electron chi connectivity index (χ2n) is 6.32. The van der Waals surface area contributed by atoms with E-state index in [1.807, 2.05) is 11.1 Å². The standard InChI is InChI=1S/C15H25N5O/c1-12(2)19-10-13-5-6-17-20(13)14(11-19)9-16-15(21)18-7-3-4-8-18/h5-6,12,14H,3-4,7-11H2,1-2H3,(H,16,21). The van der Waals surface area contributed by atoms with E-state index in [-0.39, 0.29) is 12.1 Å². The van der Waals surface area contributed by atoms with Crippen molar-refractivity contribution in [3.63, 3.8) is 0 Å². The SMILES string of the molecule is CC(C)N1Cc2ccnn2C(CNC(=O)N2CCCC2)C1. The first-order chi connectivity index (χ1) is 10.1. The molecule has 2 aliphatic heterocycles. The van der Waals surface area contributed by atoms with Crippen LogP contribution in [-0.2, 0) is 6.54 Å². The Bertz CT molecular complexity index is 492. The van der Waals surface area contributed by atoms with Crippen LogP contribution in [0.5, 0.6) is 0 Å². The molecule has 3 heterocycles. The molecule has 1 N–H and O–H groups in total. The van der Waals surface area contributed by atoms with E-state index in [9.17, 15) is 4.79 Å². The number of aromatic nitrogens is 2. The molecule has 0 aromatic carbocycles. The van der Waals surface area contributed by atoms with Crippen LogP contribution in [-0.4, -0.2) is 57.8 Å². The Labute approximate surface area is 126 Å². The van der Waals surface area contributed by atoms with Gasteiger partial charge in [-0.2, -0.15) is 5.10 Å². The summed E-state index contributed by atoms with van der Waals surface area (Å²) in [7, 11) is 0. The van der Waals surface area contributed by atoms with Crippen molar-refractivity contribution in [2.24, 2.45) is 0 Å². The maximum absolute atomic E-state index is 12.1. The summed E-state index contributed by atoms with van der Waals surface area (Å²) in [6, 6.07) is 2.87. The minimum atomic E-state index is 0.0721. The first-order valence-electron chi connectivity index (χ1n) is 7.94.